The molecular weight excluding hydrogens is 318 g/mol. The van der Waals surface area contributed by atoms with Crippen molar-refractivity contribution in [3.8, 4) is 0 Å². The number of hydrogen-bond donors (Lipinski definition) is 1. The average molecular weight is 334 g/mol. The van der Waals surface area contributed by atoms with Crippen LogP contribution < -0.4 is 5.32 Å². The molecule has 2 aromatic rings. The Morgan fingerprint density at radius 1 is 1.29 bits per heavy atom. The molecule has 0 radical (unpaired) electrons. The molecule has 1 fully saturated rings. The van der Waals surface area contributed by atoms with Gasteiger partial charge in [0.25, 0.3) is 6.20 Å². The standard InChI is InChI=1S/C11H11F2N3O2.C5H5N/c12-9-2-1-8(10(13)5-9)6-15-4-3-14-11(15)7-16(17)18;1-2-4-6-5-3-1/h1-2,5,7,14H,3-4,6H2;1-5H. The molecule has 1 saturated heterocycles. The van der Waals surface area contributed by atoms with Gasteiger partial charge in [-0.15, -0.1) is 0 Å². The van der Waals surface area contributed by atoms with Gasteiger partial charge in [-0.05, 0) is 18.2 Å². The van der Waals surface area contributed by atoms with Crippen LogP contribution in [0.4, 0.5) is 8.78 Å². The van der Waals surface area contributed by atoms with Gasteiger partial charge in [-0.3, -0.25) is 15.1 Å². The number of rotatable bonds is 3. The Kier molecular flexibility index (Phi) is 6.18. The molecule has 0 atom stereocenters. The van der Waals surface area contributed by atoms with E-state index < -0.39 is 16.6 Å². The number of nitro groups is 1. The summed E-state index contributed by atoms with van der Waals surface area (Å²) in [5, 5.41) is 13.2. The normalized spacial score (nSPS) is 14.8. The summed E-state index contributed by atoms with van der Waals surface area (Å²) in [5.41, 5.74) is 0.300. The van der Waals surface area contributed by atoms with E-state index in [4.69, 9.17) is 0 Å². The summed E-state index contributed by atoms with van der Waals surface area (Å²) in [7, 11) is 0. The minimum atomic E-state index is -0.651. The lowest BCUT2D eigenvalue weighted by atomic mass is 10.2. The van der Waals surface area contributed by atoms with Crippen LogP contribution >= 0.6 is 0 Å². The van der Waals surface area contributed by atoms with Crippen molar-refractivity contribution >= 4 is 0 Å². The fraction of sp³-hybridized carbons (Fsp3) is 0.188. The SMILES string of the molecule is O=[N+]([O-])C=C1NCCN1Cc1ccc(F)cc1F.c1ccncc1. The van der Waals surface area contributed by atoms with Crippen LogP contribution in [0.3, 0.4) is 0 Å². The molecule has 0 unspecified atom stereocenters. The lowest BCUT2D eigenvalue weighted by molar-refractivity contribution is -0.404. The summed E-state index contributed by atoms with van der Waals surface area (Å²) in [6.45, 7) is 1.26. The highest BCUT2D eigenvalue weighted by Crippen LogP contribution is 2.16. The lowest BCUT2D eigenvalue weighted by Crippen LogP contribution is -2.21. The number of nitrogens with zero attached hydrogens (tertiary/aromatic N) is 3. The third-order valence-electron chi connectivity index (χ3n) is 3.20. The molecular formula is C16H16F2N4O2. The van der Waals surface area contributed by atoms with Crippen molar-refractivity contribution in [3.63, 3.8) is 0 Å². The molecule has 0 bridgehead atoms. The molecule has 0 amide bonds. The number of benzene rings is 1. The molecule has 1 N–H and O–H groups in total. The summed E-state index contributed by atoms with van der Waals surface area (Å²) in [6, 6.07) is 9.02. The van der Waals surface area contributed by atoms with Gasteiger partial charge in [0.05, 0.1) is 4.92 Å². The number of hydrogen-bond acceptors (Lipinski definition) is 5. The van der Waals surface area contributed by atoms with E-state index in [-0.39, 0.29) is 6.54 Å². The van der Waals surface area contributed by atoms with E-state index in [1.807, 2.05) is 18.2 Å². The van der Waals surface area contributed by atoms with Gasteiger partial charge in [-0.2, -0.15) is 0 Å². The van der Waals surface area contributed by atoms with Crippen LogP contribution in [0, 0.1) is 21.7 Å². The first-order valence-corrected chi connectivity index (χ1v) is 7.19. The van der Waals surface area contributed by atoms with Gasteiger partial charge in [0.2, 0.25) is 0 Å². The molecule has 1 aliphatic heterocycles. The Balaban J connectivity index is 0.000000292. The van der Waals surface area contributed by atoms with Crippen molar-refractivity contribution in [1.82, 2.24) is 15.2 Å². The molecule has 8 heteroatoms. The Bertz CT molecular complexity index is 684. The summed E-state index contributed by atoms with van der Waals surface area (Å²) < 4.78 is 26.2. The van der Waals surface area contributed by atoms with Crippen LogP contribution in [0.1, 0.15) is 5.56 Å². The van der Waals surface area contributed by atoms with Gasteiger partial charge < -0.3 is 10.2 Å². The molecule has 2 heterocycles. The second kappa shape index (κ2) is 8.56. The van der Waals surface area contributed by atoms with Crippen molar-refractivity contribution in [3.05, 3.63) is 88.1 Å². The zero-order valence-corrected chi connectivity index (χ0v) is 12.7. The Hall–Kier alpha value is -3.03. The summed E-state index contributed by atoms with van der Waals surface area (Å²) in [6.07, 6.45) is 4.34. The van der Waals surface area contributed by atoms with Crippen molar-refractivity contribution in [2.45, 2.75) is 6.54 Å². The van der Waals surface area contributed by atoms with Gasteiger partial charge in [0.15, 0.2) is 5.82 Å². The maximum absolute atomic E-state index is 13.5. The highest BCUT2D eigenvalue weighted by molar-refractivity contribution is 5.19. The number of nitrogens with one attached hydrogen (secondary N) is 1. The quantitative estimate of drug-likeness (QED) is 0.690. The third kappa shape index (κ3) is 5.31. The van der Waals surface area contributed by atoms with E-state index in [1.165, 1.54) is 12.1 Å². The largest absolute Gasteiger partial charge is 0.365 e. The monoisotopic (exact) mass is 334 g/mol. The molecule has 0 saturated carbocycles. The van der Waals surface area contributed by atoms with Gasteiger partial charge in [0, 0.05) is 43.7 Å². The Morgan fingerprint density at radius 3 is 2.58 bits per heavy atom. The van der Waals surface area contributed by atoms with Crippen molar-refractivity contribution in [2.24, 2.45) is 0 Å². The van der Waals surface area contributed by atoms with Crippen molar-refractivity contribution < 1.29 is 13.7 Å². The molecule has 24 heavy (non-hydrogen) atoms. The predicted octanol–water partition coefficient (Wildman–Crippen LogP) is 2.53. The molecule has 1 aliphatic rings. The molecule has 0 spiro atoms. The van der Waals surface area contributed by atoms with Crippen LogP contribution in [-0.4, -0.2) is 27.9 Å². The number of pyridine rings is 1. The van der Waals surface area contributed by atoms with E-state index in [0.717, 1.165) is 12.3 Å². The predicted molar refractivity (Wildman–Crippen MR) is 84.1 cm³/mol. The first-order chi connectivity index (χ1) is 11.6. The van der Waals surface area contributed by atoms with Crippen molar-refractivity contribution in [2.75, 3.05) is 13.1 Å². The highest BCUT2D eigenvalue weighted by atomic mass is 19.1. The van der Waals surface area contributed by atoms with E-state index >= 15 is 0 Å². The average Bonchev–Trinajstić information content (AvgIpc) is 2.98. The van der Waals surface area contributed by atoms with E-state index in [9.17, 15) is 18.9 Å². The van der Waals surface area contributed by atoms with E-state index in [1.54, 1.807) is 17.3 Å². The highest BCUT2D eigenvalue weighted by Gasteiger charge is 2.20. The van der Waals surface area contributed by atoms with Gasteiger partial charge in [0.1, 0.15) is 11.6 Å². The van der Waals surface area contributed by atoms with Crippen LogP contribution in [0.15, 0.2) is 60.8 Å². The topological polar surface area (TPSA) is 71.3 Å². The maximum Gasteiger partial charge on any atom is 0.274 e. The molecule has 6 nitrogen and oxygen atoms in total. The first kappa shape index (κ1) is 17.3. The first-order valence-electron chi connectivity index (χ1n) is 7.19. The van der Waals surface area contributed by atoms with Crippen LogP contribution in [0.2, 0.25) is 0 Å². The van der Waals surface area contributed by atoms with Crippen LogP contribution in [-0.2, 0) is 6.54 Å². The zero-order chi connectivity index (χ0) is 17.4. The molecule has 1 aromatic heterocycles. The second-order valence-corrected chi connectivity index (χ2v) is 4.91. The third-order valence-corrected chi connectivity index (χ3v) is 3.20. The smallest absolute Gasteiger partial charge is 0.274 e. The summed E-state index contributed by atoms with van der Waals surface area (Å²) >= 11 is 0. The Morgan fingerprint density at radius 2 is 2.04 bits per heavy atom. The lowest BCUT2D eigenvalue weighted by Gasteiger charge is -2.17. The fourth-order valence-electron chi connectivity index (χ4n) is 2.11. The molecule has 0 aliphatic carbocycles. The van der Waals surface area contributed by atoms with Gasteiger partial charge in [-0.1, -0.05) is 12.1 Å². The maximum atomic E-state index is 13.5. The molecule has 126 valence electrons. The fourth-order valence-corrected chi connectivity index (χ4v) is 2.11. The van der Waals surface area contributed by atoms with E-state index in [0.29, 0.717) is 24.5 Å². The van der Waals surface area contributed by atoms with Gasteiger partial charge >= 0.3 is 0 Å². The van der Waals surface area contributed by atoms with Crippen molar-refractivity contribution in [1.29, 1.82) is 0 Å². The van der Waals surface area contributed by atoms with E-state index in [2.05, 4.69) is 10.3 Å². The minimum absolute atomic E-state index is 0.165. The van der Waals surface area contributed by atoms with Gasteiger partial charge in [-0.25, -0.2) is 8.78 Å². The van der Waals surface area contributed by atoms with Crippen LogP contribution in [0.25, 0.3) is 0 Å². The second-order valence-electron chi connectivity index (χ2n) is 4.91. The minimum Gasteiger partial charge on any atom is -0.365 e. The van der Waals surface area contributed by atoms with Crippen LogP contribution in [0.5, 0.6) is 0 Å². The molecule has 1 aromatic carbocycles. The zero-order valence-electron chi connectivity index (χ0n) is 12.7. The summed E-state index contributed by atoms with van der Waals surface area (Å²) in [5.74, 6) is -0.956. The molecule has 3 rings (SSSR count). The Labute approximate surface area is 137 Å². The number of halogens is 2. The summed E-state index contributed by atoms with van der Waals surface area (Å²) in [4.78, 5) is 15.3. The number of aromatic nitrogens is 1.